The number of aromatic nitrogens is 2. The molecule has 0 aliphatic carbocycles. The molecule has 0 aliphatic heterocycles. The molecule has 0 amide bonds. The lowest BCUT2D eigenvalue weighted by molar-refractivity contribution is -0.383. The summed E-state index contributed by atoms with van der Waals surface area (Å²) in [6.07, 6.45) is 0. The van der Waals surface area contributed by atoms with E-state index in [1.165, 1.54) is 31.0 Å². The maximum atomic E-state index is 11.7. The zero-order chi connectivity index (χ0) is 22.1. The number of carboxylic acids is 1. The van der Waals surface area contributed by atoms with Gasteiger partial charge in [0.2, 0.25) is 0 Å². The Bertz CT molecular complexity index is 1310. The van der Waals surface area contributed by atoms with E-state index in [2.05, 4.69) is 5.10 Å². The van der Waals surface area contributed by atoms with Crippen LogP contribution in [0.2, 0.25) is 0 Å². The van der Waals surface area contributed by atoms with Crippen molar-refractivity contribution in [3.8, 4) is 28.4 Å². The van der Waals surface area contributed by atoms with E-state index in [4.69, 9.17) is 9.47 Å². The van der Waals surface area contributed by atoms with Gasteiger partial charge in [0.25, 0.3) is 5.69 Å². The maximum absolute atomic E-state index is 11.7. The van der Waals surface area contributed by atoms with E-state index < -0.39 is 10.9 Å². The molecule has 0 aliphatic rings. The van der Waals surface area contributed by atoms with Gasteiger partial charge in [0.1, 0.15) is 11.5 Å². The van der Waals surface area contributed by atoms with E-state index >= 15 is 0 Å². The summed E-state index contributed by atoms with van der Waals surface area (Å²) in [5.74, 6) is -0.285. The molecule has 31 heavy (non-hydrogen) atoms. The van der Waals surface area contributed by atoms with Crippen molar-refractivity contribution in [1.82, 2.24) is 9.78 Å². The number of hydrogen-bond donors (Lipinski definition) is 1. The fourth-order valence-electron chi connectivity index (χ4n) is 3.56. The average Bonchev–Trinajstić information content (AvgIpc) is 3.22. The number of methoxy groups -OCH3 is 2. The monoisotopic (exact) mass is 419 g/mol. The first-order chi connectivity index (χ1) is 15.0. The number of nitrogens with zero attached hydrogens (tertiary/aromatic N) is 3. The van der Waals surface area contributed by atoms with Crippen molar-refractivity contribution in [2.75, 3.05) is 14.2 Å². The highest BCUT2D eigenvalue weighted by molar-refractivity contribution is 5.98. The molecule has 0 unspecified atom stereocenters. The minimum Gasteiger partial charge on any atom is -0.496 e. The molecule has 0 bridgehead atoms. The molecule has 4 rings (SSSR count). The van der Waals surface area contributed by atoms with E-state index in [1.54, 1.807) is 48.5 Å². The molecule has 0 spiro atoms. The highest BCUT2D eigenvalue weighted by atomic mass is 16.6. The van der Waals surface area contributed by atoms with Crippen LogP contribution in [-0.2, 0) is 0 Å². The SMILES string of the molecule is COc1cccc(OC)c1-c1cc(C(=O)O)nn1-c1ccc([N+](=O)[O-])c2ccccc12. The maximum Gasteiger partial charge on any atom is 0.356 e. The predicted octanol–water partition coefficient (Wildman–Crippen LogP) is 4.32. The molecule has 0 fully saturated rings. The molecule has 0 atom stereocenters. The van der Waals surface area contributed by atoms with Crippen molar-refractivity contribution in [3.05, 3.63) is 76.5 Å². The van der Waals surface area contributed by atoms with Crippen molar-refractivity contribution in [1.29, 1.82) is 0 Å². The minimum absolute atomic E-state index is 0.0543. The Kier molecular flexibility index (Phi) is 5.00. The number of carboxylic acid groups (broad SMARTS) is 1. The lowest BCUT2D eigenvalue weighted by Crippen LogP contribution is -2.05. The van der Waals surface area contributed by atoms with Gasteiger partial charge in [-0.1, -0.05) is 24.3 Å². The van der Waals surface area contributed by atoms with Crippen LogP contribution in [0.5, 0.6) is 11.5 Å². The molecule has 0 saturated carbocycles. The fraction of sp³-hybridized carbons (Fsp3) is 0.0909. The van der Waals surface area contributed by atoms with Crippen LogP contribution >= 0.6 is 0 Å². The molecular formula is C22H17N3O6. The van der Waals surface area contributed by atoms with E-state index in [0.29, 0.717) is 39.2 Å². The van der Waals surface area contributed by atoms with Gasteiger partial charge in [-0.15, -0.1) is 0 Å². The fourth-order valence-corrected chi connectivity index (χ4v) is 3.56. The number of fused-ring (bicyclic) bond motifs is 1. The molecule has 0 saturated heterocycles. The van der Waals surface area contributed by atoms with Gasteiger partial charge in [-0.2, -0.15) is 5.10 Å². The van der Waals surface area contributed by atoms with Crippen molar-refractivity contribution >= 4 is 22.4 Å². The zero-order valence-corrected chi connectivity index (χ0v) is 16.6. The quantitative estimate of drug-likeness (QED) is 0.365. The Morgan fingerprint density at radius 3 is 2.23 bits per heavy atom. The molecule has 1 N–H and O–H groups in total. The van der Waals surface area contributed by atoms with E-state index in [1.807, 2.05) is 0 Å². The summed E-state index contributed by atoms with van der Waals surface area (Å²) in [7, 11) is 3.00. The number of non-ortho nitro benzene ring substituents is 1. The number of aromatic carboxylic acids is 1. The van der Waals surface area contributed by atoms with Crippen molar-refractivity contribution in [2.45, 2.75) is 0 Å². The number of hydrogen-bond acceptors (Lipinski definition) is 6. The number of rotatable bonds is 6. The van der Waals surface area contributed by atoms with Crippen LogP contribution in [-0.4, -0.2) is 40.0 Å². The standard InChI is InChI=1S/C22H17N3O6/c1-30-19-8-5-9-20(31-2)21(19)18-12-15(22(26)27)23-24(18)16-10-11-17(25(28)29)14-7-4-3-6-13(14)16/h3-12H,1-2H3,(H,26,27). The summed E-state index contributed by atoms with van der Waals surface area (Å²) in [5.41, 5.74) is 1.16. The molecule has 4 aromatic rings. The highest BCUT2D eigenvalue weighted by Gasteiger charge is 2.24. The topological polar surface area (TPSA) is 117 Å². The lowest BCUT2D eigenvalue weighted by Gasteiger charge is -2.15. The molecule has 1 heterocycles. The second-order valence-corrected chi connectivity index (χ2v) is 6.58. The van der Waals surface area contributed by atoms with Crippen LogP contribution < -0.4 is 9.47 Å². The van der Waals surface area contributed by atoms with E-state index in [9.17, 15) is 20.0 Å². The number of benzene rings is 3. The highest BCUT2D eigenvalue weighted by Crippen LogP contribution is 2.41. The van der Waals surface area contributed by atoms with Gasteiger partial charge in [-0.05, 0) is 30.3 Å². The normalized spacial score (nSPS) is 10.8. The van der Waals surface area contributed by atoms with Gasteiger partial charge in [-0.25, -0.2) is 9.48 Å². The Morgan fingerprint density at radius 2 is 1.65 bits per heavy atom. The van der Waals surface area contributed by atoms with E-state index in [0.717, 1.165) is 0 Å². The van der Waals surface area contributed by atoms with Crippen LogP contribution in [0, 0.1) is 10.1 Å². The lowest BCUT2D eigenvalue weighted by atomic mass is 10.1. The summed E-state index contributed by atoms with van der Waals surface area (Å²) in [5, 5.41) is 26.3. The van der Waals surface area contributed by atoms with Crippen molar-refractivity contribution in [3.63, 3.8) is 0 Å². The molecule has 3 aromatic carbocycles. The Balaban J connectivity index is 2.09. The van der Waals surface area contributed by atoms with Gasteiger partial charge in [-0.3, -0.25) is 10.1 Å². The molecular weight excluding hydrogens is 402 g/mol. The Hall–Kier alpha value is -4.40. The van der Waals surface area contributed by atoms with Crippen molar-refractivity contribution in [2.24, 2.45) is 0 Å². The Morgan fingerprint density at radius 1 is 1.00 bits per heavy atom. The second kappa shape index (κ2) is 7.79. The molecule has 9 heteroatoms. The smallest absolute Gasteiger partial charge is 0.356 e. The predicted molar refractivity (Wildman–Crippen MR) is 113 cm³/mol. The molecule has 0 radical (unpaired) electrons. The van der Waals surface area contributed by atoms with Crippen LogP contribution in [0.1, 0.15) is 10.5 Å². The van der Waals surface area contributed by atoms with Crippen molar-refractivity contribution < 1.29 is 24.3 Å². The molecule has 1 aromatic heterocycles. The first kappa shape index (κ1) is 19.9. The largest absolute Gasteiger partial charge is 0.496 e. The number of nitro benzene ring substituents is 1. The summed E-state index contributed by atoms with van der Waals surface area (Å²) in [4.78, 5) is 22.7. The minimum atomic E-state index is -1.21. The third kappa shape index (κ3) is 3.31. The third-order valence-electron chi connectivity index (χ3n) is 4.92. The summed E-state index contributed by atoms with van der Waals surface area (Å²) in [6.45, 7) is 0. The van der Waals surface area contributed by atoms with Gasteiger partial charge in [0, 0.05) is 11.5 Å². The first-order valence-electron chi connectivity index (χ1n) is 9.17. The van der Waals surface area contributed by atoms with E-state index in [-0.39, 0.29) is 11.4 Å². The summed E-state index contributed by atoms with van der Waals surface area (Å²) >= 11 is 0. The zero-order valence-electron chi connectivity index (χ0n) is 16.6. The van der Waals surface area contributed by atoms with Crippen LogP contribution in [0.25, 0.3) is 27.7 Å². The average molecular weight is 419 g/mol. The summed E-state index contributed by atoms with van der Waals surface area (Å²) < 4.78 is 12.4. The van der Waals surface area contributed by atoms with Crippen LogP contribution in [0.3, 0.4) is 0 Å². The molecule has 156 valence electrons. The first-order valence-corrected chi connectivity index (χ1v) is 9.17. The van der Waals surface area contributed by atoms with Gasteiger partial charge >= 0.3 is 5.97 Å². The van der Waals surface area contributed by atoms with Gasteiger partial charge in [0.15, 0.2) is 5.69 Å². The Labute approximate surface area is 176 Å². The second-order valence-electron chi connectivity index (χ2n) is 6.58. The number of carbonyl (C=O) groups is 1. The third-order valence-corrected chi connectivity index (χ3v) is 4.92. The van der Waals surface area contributed by atoms with Crippen LogP contribution in [0.4, 0.5) is 5.69 Å². The number of nitro groups is 1. The van der Waals surface area contributed by atoms with Crippen LogP contribution in [0.15, 0.2) is 60.7 Å². The molecule has 9 nitrogen and oxygen atoms in total. The van der Waals surface area contributed by atoms with Gasteiger partial charge in [0.05, 0.1) is 41.5 Å². The number of ether oxygens (including phenoxy) is 2. The summed E-state index contributed by atoms with van der Waals surface area (Å²) in [6, 6.07) is 16.4. The van der Waals surface area contributed by atoms with Gasteiger partial charge < -0.3 is 14.6 Å².